The van der Waals surface area contributed by atoms with Crippen LogP contribution in [0.2, 0.25) is 0 Å². The van der Waals surface area contributed by atoms with Crippen molar-refractivity contribution in [3.63, 3.8) is 0 Å². The molecule has 0 heterocycles. The molecule has 0 unspecified atom stereocenters. The Morgan fingerprint density at radius 1 is 0.923 bits per heavy atom. The van der Waals surface area contributed by atoms with Crippen LogP contribution in [0.1, 0.15) is 29.8 Å². The summed E-state index contributed by atoms with van der Waals surface area (Å²) >= 11 is 0. The Morgan fingerprint density at radius 3 is 2.00 bits per heavy atom. The molecule has 8 nitrogen and oxygen atoms in total. The van der Waals surface area contributed by atoms with E-state index >= 15 is 0 Å². The van der Waals surface area contributed by atoms with Crippen LogP contribution in [0.25, 0.3) is 0 Å². The molecule has 0 saturated heterocycles. The molecule has 0 spiro atoms. The molecule has 0 aromatic heterocycles. The third-order valence-electron chi connectivity index (χ3n) is 3.30. The number of nitrogens with zero attached hydrogens (tertiary/aromatic N) is 1. The Balaban J connectivity index is 2.21. The van der Waals surface area contributed by atoms with E-state index in [0.29, 0.717) is 11.3 Å². The fourth-order valence-corrected chi connectivity index (χ4v) is 2.24. The maximum Gasteiger partial charge on any atom is 0.308 e. The van der Waals surface area contributed by atoms with Gasteiger partial charge in [0, 0.05) is 31.4 Å². The highest BCUT2D eigenvalue weighted by atomic mass is 16.6. The normalized spacial score (nSPS) is 10.1. The summed E-state index contributed by atoms with van der Waals surface area (Å²) in [7, 11) is 0. The number of carbonyl (C=O) groups is 3. The van der Waals surface area contributed by atoms with E-state index in [4.69, 9.17) is 9.47 Å². The summed E-state index contributed by atoms with van der Waals surface area (Å²) in [6.45, 7) is 2.44. The van der Waals surface area contributed by atoms with Gasteiger partial charge >= 0.3 is 11.9 Å². The van der Waals surface area contributed by atoms with E-state index in [2.05, 4.69) is 0 Å². The average molecular weight is 357 g/mol. The smallest absolute Gasteiger partial charge is 0.308 e. The van der Waals surface area contributed by atoms with E-state index in [1.54, 1.807) is 0 Å². The van der Waals surface area contributed by atoms with Crippen LogP contribution in [-0.2, 0) is 16.0 Å². The van der Waals surface area contributed by atoms with Gasteiger partial charge in [0.2, 0.25) is 0 Å². The molecule has 0 amide bonds. The monoisotopic (exact) mass is 357 g/mol. The topological polar surface area (TPSA) is 113 Å². The standard InChI is InChI=1S/C18H15NO7/c1-11(20)25-15-6-3-13(4-7-15)18(22)9-14-5-8-16(26-12(2)21)10-17(14)19(23)24/h3-8,10H,9H2,1-2H3. The molecule has 2 rings (SSSR count). The average Bonchev–Trinajstić information content (AvgIpc) is 2.55. The summed E-state index contributed by atoms with van der Waals surface area (Å²) in [5.74, 6) is -1.09. The molecule has 8 heteroatoms. The van der Waals surface area contributed by atoms with Gasteiger partial charge < -0.3 is 9.47 Å². The number of carbonyl (C=O) groups excluding carboxylic acids is 3. The van der Waals surface area contributed by atoms with Crippen molar-refractivity contribution in [1.29, 1.82) is 0 Å². The number of ketones is 1. The maximum absolute atomic E-state index is 12.4. The lowest BCUT2D eigenvalue weighted by atomic mass is 10.0. The zero-order chi connectivity index (χ0) is 19.3. The third kappa shape index (κ3) is 4.97. The molecule has 26 heavy (non-hydrogen) atoms. The second-order valence-corrected chi connectivity index (χ2v) is 5.36. The highest BCUT2D eigenvalue weighted by Crippen LogP contribution is 2.26. The minimum absolute atomic E-state index is 0.0335. The molecular weight excluding hydrogens is 342 g/mol. The molecule has 0 fully saturated rings. The third-order valence-corrected chi connectivity index (χ3v) is 3.30. The molecule has 0 bridgehead atoms. The highest BCUT2D eigenvalue weighted by Gasteiger charge is 2.19. The van der Waals surface area contributed by atoms with Crippen molar-refractivity contribution >= 4 is 23.4 Å². The number of Topliss-reactive ketones (excluding diaryl/α,β-unsaturated/α-hetero) is 1. The Hall–Kier alpha value is -3.55. The van der Waals surface area contributed by atoms with E-state index in [1.165, 1.54) is 50.2 Å². The minimum Gasteiger partial charge on any atom is -0.427 e. The van der Waals surface area contributed by atoms with Crippen LogP contribution in [-0.4, -0.2) is 22.6 Å². The van der Waals surface area contributed by atoms with Gasteiger partial charge in [0.1, 0.15) is 11.5 Å². The Kier molecular flexibility index (Phi) is 5.79. The molecule has 0 radical (unpaired) electrons. The van der Waals surface area contributed by atoms with Gasteiger partial charge in [-0.3, -0.25) is 24.5 Å². The molecular formula is C18H15NO7. The van der Waals surface area contributed by atoms with E-state index in [0.717, 1.165) is 6.07 Å². The predicted molar refractivity (Wildman–Crippen MR) is 90.2 cm³/mol. The van der Waals surface area contributed by atoms with Gasteiger partial charge in [0.25, 0.3) is 5.69 Å². The zero-order valence-electron chi connectivity index (χ0n) is 14.1. The van der Waals surface area contributed by atoms with Crippen LogP contribution < -0.4 is 9.47 Å². The molecule has 134 valence electrons. The van der Waals surface area contributed by atoms with Crippen LogP contribution in [0.15, 0.2) is 42.5 Å². The summed E-state index contributed by atoms with van der Waals surface area (Å²) in [6, 6.07) is 9.75. The lowest BCUT2D eigenvalue weighted by Gasteiger charge is -2.06. The molecule has 0 aliphatic carbocycles. The van der Waals surface area contributed by atoms with Crippen molar-refractivity contribution in [3.8, 4) is 11.5 Å². The largest absolute Gasteiger partial charge is 0.427 e. The Bertz CT molecular complexity index is 872. The number of nitro groups is 1. The van der Waals surface area contributed by atoms with Crippen molar-refractivity contribution < 1.29 is 28.8 Å². The highest BCUT2D eigenvalue weighted by molar-refractivity contribution is 5.98. The maximum atomic E-state index is 12.4. The molecule has 2 aromatic rings. The van der Waals surface area contributed by atoms with Gasteiger partial charge in [-0.25, -0.2) is 0 Å². The molecule has 0 saturated carbocycles. The number of esters is 2. The van der Waals surface area contributed by atoms with Crippen LogP contribution in [0.3, 0.4) is 0 Å². The van der Waals surface area contributed by atoms with Crippen LogP contribution in [0, 0.1) is 10.1 Å². The van der Waals surface area contributed by atoms with Crippen molar-refractivity contribution in [1.82, 2.24) is 0 Å². The molecule has 0 aliphatic rings. The number of hydrogen-bond acceptors (Lipinski definition) is 7. The van der Waals surface area contributed by atoms with Crippen LogP contribution >= 0.6 is 0 Å². The zero-order valence-corrected chi connectivity index (χ0v) is 14.1. The second kappa shape index (κ2) is 8.02. The number of rotatable bonds is 6. The van der Waals surface area contributed by atoms with Gasteiger partial charge in [-0.05, 0) is 36.4 Å². The molecule has 2 aromatic carbocycles. The SMILES string of the molecule is CC(=O)Oc1ccc(C(=O)Cc2ccc(OC(C)=O)cc2[N+](=O)[O-])cc1. The van der Waals surface area contributed by atoms with Gasteiger partial charge in [-0.15, -0.1) is 0 Å². The number of benzene rings is 2. The lowest BCUT2D eigenvalue weighted by molar-refractivity contribution is -0.385. The molecule has 0 atom stereocenters. The summed E-state index contributed by atoms with van der Waals surface area (Å²) in [5.41, 5.74) is 0.202. The van der Waals surface area contributed by atoms with Crippen molar-refractivity contribution in [3.05, 3.63) is 63.7 Å². The molecule has 0 N–H and O–H groups in total. The predicted octanol–water partition coefficient (Wildman–Crippen LogP) is 2.87. The van der Waals surface area contributed by atoms with Gasteiger partial charge in [-0.2, -0.15) is 0 Å². The Labute approximate surface area is 148 Å². The van der Waals surface area contributed by atoms with Gasteiger partial charge in [0.15, 0.2) is 5.78 Å². The summed E-state index contributed by atoms with van der Waals surface area (Å²) in [5, 5.41) is 11.2. The first-order valence-corrected chi connectivity index (χ1v) is 7.53. The summed E-state index contributed by atoms with van der Waals surface area (Å²) < 4.78 is 9.71. The fraction of sp³-hybridized carbons (Fsp3) is 0.167. The quantitative estimate of drug-likeness (QED) is 0.257. The van der Waals surface area contributed by atoms with E-state index in [-0.39, 0.29) is 29.2 Å². The number of ether oxygens (including phenoxy) is 2. The van der Waals surface area contributed by atoms with Crippen LogP contribution in [0.4, 0.5) is 5.69 Å². The van der Waals surface area contributed by atoms with Crippen molar-refractivity contribution in [2.24, 2.45) is 0 Å². The van der Waals surface area contributed by atoms with Gasteiger partial charge in [0.05, 0.1) is 11.0 Å². The first kappa shape index (κ1) is 18.8. The van der Waals surface area contributed by atoms with Crippen molar-refractivity contribution in [2.75, 3.05) is 0 Å². The van der Waals surface area contributed by atoms with E-state index in [9.17, 15) is 24.5 Å². The lowest BCUT2D eigenvalue weighted by Crippen LogP contribution is -2.08. The summed E-state index contributed by atoms with van der Waals surface area (Å²) in [4.78, 5) is 44.8. The first-order chi connectivity index (χ1) is 12.3. The van der Waals surface area contributed by atoms with Crippen molar-refractivity contribution in [2.45, 2.75) is 20.3 Å². The van der Waals surface area contributed by atoms with Gasteiger partial charge in [-0.1, -0.05) is 0 Å². The van der Waals surface area contributed by atoms with Crippen LogP contribution in [0.5, 0.6) is 11.5 Å². The van der Waals surface area contributed by atoms with E-state index < -0.39 is 16.9 Å². The fourth-order valence-electron chi connectivity index (χ4n) is 2.24. The number of nitro benzene ring substituents is 1. The minimum atomic E-state index is -0.639. The van der Waals surface area contributed by atoms with E-state index in [1.807, 2.05) is 0 Å². The Morgan fingerprint density at radius 2 is 1.46 bits per heavy atom. The molecule has 0 aliphatic heterocycles. The number of hydrogen-bond donors (Lipinski definition) is 0. The first-order valence-electron chi connectivity index (χ1n) is 7.53. The summed E-state index contributed by atoms with van der Waals surface area (Å²) in [6.07, 6.45) is -0.205. The second-order valence-electron chi connectivity index (χ2n) is 5.36.